The summed E-state index contributed by atoms with van der Waals surface area (Å²) < 4.78 is 10.9. The van der Waals surface area contributed by atoms with E-state index in [4.69, 9.17) is 9.47 Å². The van der Waals surface area contributed by atoms with Crippen molar-refractivity contribution in [3.63, 3.8) is 0 Å². The van der Waals surface area contributed by atoms with Crippen LogP contribution in [-0.4, -0.2) is 32.3 Å². The van der Waals surface area contributed by atoms with Crippen molar-refractivity contribution in [3.8, 4) is 5.75 Å². The third kappa shape index (κ3) is 6.06. The van der Waals surface area contributed by atoms with Gasteiger partial charge in [-0.15, -0.1) is 0 Å². The molecule has 22 heavy (non-hydrogen) atoms. The van der Waals surface area contributed by atoms with Crippen molar-refractivity contribution in [2.75, 3.05) is 20.3 Å². The van der Waals surface area contributed by atoms with Crippen molar-refractivity contribution in [1.82, 2.24) is 5.32 Å². The highest BCUT2D eigenvalue weighted by atomic mass is 16.5. The van der Waals surface area contributed by atoms with Gasteiger partial charge in [0.25, 0.3) is 0 Å². The summed E-state index contributed by atoms with van der Waals surface area (Å²) in [5.74, 6) is 0.951. The molecule has 1 saturated carbocycles. The highest BCUT2D eigenvalue weighted by Gasteiger charge is 2.14. The molecule has 1 N–H and O–H groups in total. The van der Waals surface area contributed by atoms with Crippen LogP contribution < -0.4 is 10.1 Å². The topological polar surface area (TPSA) is 47.6 Å². The van der Waals surface area contributed by atoms with Crippen molar-refractivity contribution in [3.05, 3.63) is 29.8 Å². The smallest absolute Gasteiger partial charge is 0.220 e. The van der Waals surface area contributed by atoms with Gasteiger partial charge in [0.05, 0.1) is 13.2 Å². The van der Waals surface area contributed by atoms with Crippen molar-refractivity contribution < 1.29 is 14.3 Å². The molecule has 1 fully saturated rings. The maximum Gasteiger partial charge on any atom is 0.220 e. The molecule has 1 aliphatic carbocycles. The highest BCUT2D eigenvalue weighted by molar-refractivity contribution is 5.76. The predicted octanol–water partition coefficient (Wildman–Crippen LogP) is 3.09. The standard InChI is InChI=1S/C18H27NO3/c1-21-16-10-7-15(8-11-16)9-12-18(20)19-13-4-14-22-17-5-2-3-6-17/h7-8,10-11,17H,2-6,9,12-14H2,1H3,(H,19,20). The molecule has 122 valence electrons. The highest BCUT2D eigenvalue weighted by Crippen LogP contribution is 2.20. The first-order valence-corrected chi connectivity index (χ1v) is 8.29. The first-order valence-electron chi connectivity index (χ1n) is 8.29. The van der Waals surface area contributed by atoms with Crippen molar-refractivity contribution in [2.45, 2.75) is 51.0 Å². The fourth-order valence-electron chi connectivity index (χ4n) is 2.74. The van der Waals surface area contributed by atoms with Gasteiger partial charge >= 0.3 is 0 Å². The molecule has 0 bridgehead atoms. The molecule has 0 spiro atoms. The quantitative estimate of drug-likeness (QED) is 0.713. The lowest BCUT2D eigenvalue weighted by Crippen LogP contribution is -2.25. The molecule has 1 aliphatic rings. The number of ether oxygens (including phenoxy) is 2. The van der Waals surface area contributed by atoms with Crippen LogP contribution in [0.25, 0.3) is 0 Å². The fraction of sp³-hybridized carbons (Fsp3) is 0.611. The van der Waals surface area contributed by atoms with Gasteiger partial charge in [0.2, 0.25) is 5.91 Å². The van der Waals surface area contributed by atoms with Crippen LogP contribution in [0.2, 0.25) is 0 Å². The molecule has 0 heterocycles. The van der Waals surface area contributed by atoms with Crippen molar-refractivity contribution >= 4 is 5.91 Å². The molecular weight excluding hydrogens is 278 g/mol. The van der Waals surface area contributed by atoms with Gasteiger partial charge in [-0.2, -0.15) is 0 Å². The Morgan fingerprint density at radius 1 is 1.23 bits per heavy atom. The Morgan fingerprint density at radius 2 is 1.95 bits per heavy atom. The number of methoxy groups -OCH3 is 1. The SMILES string of the molecule is COc1ccc(CCC(=O)NCCCOC2CCCC2)cc1. The third-order valence-electron chi connectivity index (χ3n) is 4.10. The van der Waals surface area contributed by atoms with Crippen LogP contribution in [0.1, 0.15) is 44.1 Å². The summed E-state index contributed by atoms with van der Waals surface area (Å²) in [5, 5.41) is 2.96. The summed E-state index contributed by atoms with van der Waals surface area (Å²) in [6.45, 7) is 1.46. The average molecular weight is 305 g/mol. The van der Waals surface area contributed by atoms with Crippen LogP contribution in [0, 0.1) is 0 Å². The van der Waals surface area contributed by atoms with Crippen LogP contribution >= 0.6 is 0 Å². The van der Waals surface area contributed by atoms with Gasteiger partial charge in [-0.05, 0) is 43.4 Å². The van der Waals surface area contributed by atoms with Gasteiger partial charge in [-0.1, -0.05) is 25.0 Å². The molecular formula is C18H27NO3. The number of carbonyl (C=O) groups excluding carboxylic acids is 1. The van der Waals surface area contributed by atoms with E-state index in [1.807, 2.05) is 24.3 Å². The molecule has 0 atom stereocenters. The average Bonchev–Trinajstić information content (AvgIpc) is 3.06. The zero-order chi connectivity index (χ0) is 15.6. The number of benzene rings is 1. The molecule has 0 unspecified atom stereocenters. The van der Waals surface area contributed by atoms with E-state index in [0.29, 0.717) is 19.1 Å². The molecule has 1 aromatic carbocycles. The molecule has 0 radical (unpaired) electrons. The van der Waals surface area contributed by atoms with E-state index in [9.17, 15) is 4.79 Å². The Kier molecular flexibility index (Phi) is 7.23. The van der Waals surface area contributed by atoms with E-state index in [0.717, 1.165) is 30.8 Å². The van der Waals surface area contributed by atoms with Crippen molar-refractivity contribution in [2.24, 2.45) is 0 Å². The summed E-state index contributed by atoms with van der Waals surface area (Å²) >= 11 is 0. The zero-order valence-electron chi connectivity index (χ0n) is 13.5. The Labute approximate surface area is 133 Å². The summed E-state index contributed by atoms with van der Waals surface area (Å²) in [7, 11) is 1.65. The number of amides is 1. The summed E-state index contributed by atoms with van der Waals surface area (Å²) in [4.78, 5) is 11.8. The lowest BCUT2D eigenvalue weighted by Gasteiger charge is -2.11. The third-order valence-corrected chi connectivity index (χ3v) is 4.10. The number of carbonyl (C=O) groups is 1. The predicted molar refractivity (Wildman–Crippen MR) is 87.1 cm³/mol. The van der Waals surface area contributed by atoms with E-state index < -0.39 is 0 Å². The van der Waals surface area contributed by atoms with Gasteiger partial charge in [0, 0.05) is 19.6 Å². The first-order chi connectivity index (χ1) is 10.8. The van der Waals surface area contributed by atoms with E-state index in [1.165, 1.54) is 25.7 Å². The summed E-state index contributed by atoms with van der Waals surface area (Å²) in [6.07, 6.45) is 7.64. The normalized spacial score (nSPS) is 15.0. The maximum absolute atomic E-state index is 11.8. The minimum absolute atomic E-state index is 0.108. The fourth-order valence-corrected chi connectivity index (χ4v) is 2.74. The first kappa shape index (κ1) is 16.8. The number of rotatable bonds is 9. The Balaban J connectivity index is 1.51. The van der Waals surface area contributed by atoms with Crippen LogP contribution in [0.5, 0.6) is 5.75 Å². The molecule has 4 heteroatoms. The molecule has 0 aromatic heterocycles. The molecule has 4 nitrogen and oxygen atoms in total. The van der Waals surface area contributed by atoms with Crippen LogP contribution in [0.3, 0.4) is 0 Å². The molecule has 1 aromatic rings. The van der Waals surface area contributed by atoms with Gasteiger partial charge in [0.15, 0.2) is 0 Å². The summed E-state index contributed by atoms with van der Waals surface area (Å²) in [6, 6.07) is 7.85. The van der Waals surface area contributed by atoms with E-state index in [2.05, 4.69) is 5.32 Å². The Bertz CT molecular complexity index is 438. The van der Waals surface area contributed by atoms with E-state index >= 15 is 0 Å². The molecule has 0 saturated heterocycles. The monoisotopic (exact) mass is 305 g/mol. The number of hydrogen-bond acceptors (Lipinski definition) is 3. The van der Waals surface area contributed by atoms with Gasteiger partial charge in [-0.25, -0.2) is 0 Å². The second-order valence-corrected chi connectivity index (χ2v) is 5.83. The molecule has 2 rings (SSSR count). The van der Waals surface area contributed by atoms with Gasteiger partial charge in [-0.3, -0.25) is 4.79 Å². The Hall–Kier alpha value is -1.55. The number of hydrogen-bond donors (Lipinski definition) is 1. The number of aryl methyl sites for hydroxylation is 1. The van der Waals surface area contributed by atoms with Crippen LogP contribution in [0.15, 0.2) is 24.3 Å². The van der Waals surface area contributed by atoms with Gasteiger partial charge in [0.1, 0.15) is 5.75 Å². The van der Waals surface area contributed by atoms with Crippen LogP contribution in [0.4, 0.5) is 0 Å². The minimum Gasteiger partial charge on any atom is -0.497 e. The second-order valence-electron chi connectivity index (χ2n) is 5.83. The lowest BCUT2D eigenvalue weighted by atomic mass is 10.1. The summed E-state index contributed by atoms with van der Waals surface area (Å²) in [5.41, 5.74) is 1.15. The van der Waals surface area contributed by atoms with Crippen molar-refractivity contribution in [1.29, 1.82) is 0 Å². The minimum atomic E-state index is 0.108. The Morgan fingerprint density at radius 3 is 2.64 bits per heavy atom. The van der Waals surface area contributed by atoms with Gasteiger partial charge < -0.3 is 14.8 Å². The lowest BCUT2D eigenvalue weighted by molar-refractivity contribution is -0.121. The van der Waals surface area contributed by atoms with E-state index in [1.54, 1.807) is 7.11 Å². The van der Waals surface area contributed by atoms with E-state index in [-0.39, 0.29) is 5.91 Å². The number of nitrogens with one attached hydrogen (secondary N) is 1. The largest absolute Gasteiger partial charge is 0.497 e. The molecule has 1 amide bonds. The van der Waals surface area contributed by atoms with Crippen LogP contribution in [-0.2, 0) is 16.0 Å². The molecule has 0 aliphatic heterocycles. The second kappa shape index (κ2) is 9.46. The maximum atomic E-state index is 11.8. The zero-order valence-corrected chi connectivity index (χ0v) is 13.5.